The molecule has 0 radical (unpaired) electrons. The number of carbonyl (C=O) groups excluding carboxylic acids is 1. The molecule has 0 bridgehead atoms. The van der Waals surface area contributed by atoms with Crippen molar-refractivity contribution in [3.63, 3.8) is 0 Å². The van der Waals surface area contributed by atoms with Gasteiger partial charge in [0, 0.05) is 42.7 Å². The lowest BCUT2D eigenvalue weighted by Crippen LogP contribution is -2.31. The quantitative estimate of drug-likeness (QED) is 0.200. The zero-order valence-corrected chi connectivity index (χ0v) is 24.0. The fourth-order valence-corrected chi connectivity index (χ4v) is 5.19. The number of anilines is 1. The summed E-state index contributed by atoms with van der Waals surface area (Å²) in [6, 6.07) is 13.7. The maximum absolute atomic E-state index is 13.0. The van der Waals surface area contributed by atoms with Gasteiger partial charge in [-0.1, -0.05) is 0 Å². The van der Waals surface area contributed by atoms with E-state index >= 15 is 0 Å². The van der Waals surface area contributed by atoms with E-state index in [1.165, 1.54) is 0 Å². The normalized spacial score (nSPS) is 14.9. The Morgan fingerprint density at radius 3 is 2.61 bits per heavy atom. The van der Waals surface area contributed by atoms with Gasteiger partial charge in [0.1, 0.15) is 5.75 Å². The number of carboxylic acids is 1. The summed E-state index contributed by atoms with van der Waals surface area (Å²) in [6.45, 7) is 3.01. The lowest BCUT2D eigenvalue weighted by atomic mass is 9.95. The molecular weight excluding hydrogens is 520 g/mol. The zero-order valence-electron chi connectivity index (χ0n) is 24.0. The summed E-state index contributed by atoms with van der Waals surface area (Å²) in [5.74, 6) is 1.15. The summed E-state index contributed by atoms with van der Waals surface area (Å²) in [5, 5.41) is 15.4. The second-order valence-corrected chi connectivity index (χ2v) is 10.4. The van der Waals surface area contributed by atoms with Gasteiger partial charge in [0.2, 0.25) is 0 Å². The molecule has 10 nitrogen and oxygen atoms in total. The van der Waals surface area contributed by atoms with E-state index in [0.717, 1.165) is 58.9 Å². The van der Waals surface area contributed by atoms with Gasteiger partial charge in [0.25, 0.3) is 0 Å². The monoisotopic (exact) mass is 560 g/mol. The van der Waals surface area contributed by atoms with Gasteiger partial charge in [-0.2, -0.15) is 0 Å². The van der Waals surface area contributed by atoms with Crippen LogP contribution >= 0.6 is 0 Å². The summed E-state index contributed by atoms with van der Waals surface area (Å²) in [5.41, 5.74) is 10.3. The molecule has 41 heavy (non-hydrogen) atoms. The predicted molar refractivity (Wildman–Crippen MR) is 161 cm³/mol. The Morgan fingerprint density at radius 1 is 1.15 bits per heavy atom. The molecule has 0 saturated heterocycles. The molecule has 1 aromatic heterocycles. The Hall–Kier alpha value is -4.15. The second kappa shape index (κ2) is 14.0. The van der Waals surface area contributed by atoms with Crippen LogP contribution in [0, 0.1) is 12.8 Å². The first kappa shape index (κ1) is 29.8. The number of hydrogen-bond donors (Lipinski definition) is 4. The molecule has 218 valence electrons. The van der Waals surface area contributed by atoms with Crippen molar-refractivity contribution in [1.82, 2.24) is 19.8 Å². The number of imidazole rings is 1. The third-order valence-corrected chi connectivity index (χ3v) is 7.44. The molecule has 1 aliphatic rings. The van der Waals surface area contributed by atoms with E-state index in [1.807, 2.05) is 75.0 Å². The van der Waals surface area contributed by atoms with Crippen LogP contribution in [0.4, 0.5) is 5.69 Å². The number of rotatable bonds is 15. The van der Waals surface area contributed by atoms with Crippen LogP contribution in [0.1, 0.15) is 53.6 Å². The Labute approximate surface area is 241 Å². The van der Waals surface area contributed by atoms with Gasteiger partial charge in [0.05, 0.1) is 25.5 Å². The molecule has 5 N–H and O–H groups in total. The van der Waals surface area contributed by atoms with Crippen molar-refractivity contribution in [2.24, 2.45) is 11.7 Å². The van der Waals surface area contributed by atoms with Crippen LogP contribution in [0.15, 0.2) is 54.9 Å². The first-order chi connectivity index (χ1) is 19.8. The van der Waals surface area contributed by atoms with Crippen LogP contribution in [0.2, 0.25) is 0 Å². The number of nitrogens with one attached hydrogen (secondary N) is 2. The van der Waals surface area contributed by atoms with Crippen molar-refractivity contribution in [2.75, 3.05) is 39.1 Å². The highest BCUT2D eigenvalue weighted by molar-refractivity contribution is 5.97. The number of nitrogens with zero attached hydrogens (tertiary/aromatic N) is 3. The molecule has 0 spiro atoms. The van der Waals surface area contributed by atoms with E-state index in [9.17, 15) is 9.59 Å². The van der Waals surface area contributed by atoms with Gasteiger partial charge in [-0.3, -0.25) is 14.2 Å². The van der Waals surface area contributed by atoms with E-state index in [4.69, 9.17) is 20.6 Å². The van der Waals surface area contributed by atoms with Crippen LogP contribution in [-0.4, -0.2) is 65.1 Å². The minimum atomic E-state index is -0.879. The van der Waals surface area contributed by atoms with Crippen molar-refractivity contribution < 1.29 is 19.4 Å². The zero-order chi connectivity index (χ0) is 29.4. The Bertz CT molecular complexity index is 1370. The number of ketones is 1. The largest absolute Gasteiger partial charge is 0.497 e. The molecule has 2 unspecified atom stereocenters. The second-order valence-electron chi connectivity index (χ2n) is 10.4. The van der Waals surface area contributed by atoms with E-state index in [0.29, 0.717) is 19.5 Å². The van der Waals surface area contributed by atoms with Gasteiger partial charge in [-0.15, -0.1) is 0 Å². The van der Waals surface area contributed by atoms with Gasteiger partial charge < -0.3 is 31.1 Å². The molecule has 4 rings (SSSR count). The summed E-state index contributed by atoms with van der Waals surface area (Å²) in [7, 11) is 3.65. The van der Waals surface area contributed by atoms with Crippen LogP contribution in [0.3, 0.4) is 0 Å². The van der Waals surface area contributed by atoms with Crippen molar-refractivity contribution in [3.8, 4) is 17.0 Å². The number of aliphatic carboxylic acids is 1. The number of aromatic nitrogens is 2. The SMILES string of the molecule is COc1ccc(-c2cnc3n2C=CN(C)C3Nc2ccc(C(=O)CCCC(CCN)CNCC(=O)O)c(C)c2)cc1. The number of methoxy groups -OCH3 is 1. The highest BCUT2D eigenvalue weighted by Gasteiger charge is 2.25. The van der Waals surface area contributed by atoms with Crippen molar-refractivity contribution >= 4 is 23.6 Å². The van der Waals surface area contributed by atoms with E-state index in [-0.39, 0.29) is 24.4 Å². The molecule has 2 atom stereocenters. The number of carboxylic acid groups (broad SMARTS) is 1. The van der Waals surface area contributed by atoms with Crippen LogP contribution in [0.25, 0.3) is 17.5 Å². The third-order valence-electron chi connectivity index (χ3n) is 7.44. The van der Waals surface area contributed by atoms with Crippen LogP contribution in [0.5, 0.6) is 5.75 Å². The smallest absolute Gasteiger partial charge is 0.317 e. The topological polar surface area (TPSA) is 135 Å². The van der Waals surface area contributed by atoms with Gasteiger partial charge in [0.15, 0.2) is 17.8 Å². The van der Waals surface area contributed by atoms with Crippen molar-refractivity contribution in [3.05, 3.63) is 71.8 Å². The number of Topliss-reactive ketones (excluding diaryl/α,β-unsaturated/α-hetero) is 1. The summed E-state index contributed by atoms with van der Waals surface area (Å²) >= 11 is 0. The van der Waals surface area contributed by atoms with Gasteiger partial charge in [-0.05, 0) is 93.2 Å². The molecule has 0 fully saturated rings. The standard InChI is InChI=1S/C31H40N6O4/c1-21-17-24(9-12-26(21)28(38)6-4-5-22(13-14-32)18-33-20-29(39)40)35-31-30-34-19-27(37(30)16-15-36(31)2)23-7-10-25(41-3)11-8-23/h7-12,15-17,19,22,31,33,35H,4-6,13-14,18,20,32H2,1-3H3,(H,39,40). The van der Waals surface area contributed by atoms with Gasteiger partial charge >= 0.3 is 5.97 Å². The first-order valence-corrected chi connectivity index (χ1v) is 14.0. The number of aryl methyl sites for hydroxylation is 1. The fourth-order valence-electron chi connectivity index (χ4n) is 5.19. The first-order valence-electron chi connectivity index (χ1n) is 14.0. The number of carbonyl (C=O) groups is 2. The van der Waals surface area contributed by atoms with E-state index in [2.05, 4.69) is 20.1 Å². The number of ether oxygens (including phenoxy) is 1. The van der Waals surface area contributed by atoms with Gasteiger partial charge in [-0.25, -0.2) is 4.98 Å². The molecule has 2 heterocycles. The lowest BCUT2D eigenvalue weighted by Gasteiger charge is -2.31. The fraction of sp³-hybridized carbons (Fsp3) is 0.387. The number of benzene rings is 2. The Morgan fingerprint density at radius 2 is 1.93 bits per heavy atom. The predicted octanol–water partition coefficient (Wildman–Crippen LogP) is 4.34. The summed E-state index contributed by atoms with van der Waals surface area (Å²) in [6.07, 6.45) is 8.49. The minimum Gasteiger partial charge on any atom is -0.497 e. The minimum absolute atomic E-state index is 0.0712. The summed E-state index contributed by atoms with van der Waals surface area (Å²) < 4.78 is 7.37. The van der Waals surface area contributed by atoms with Crippen LogP contribution in [-0.2, 0) is 4.79 Å². The average molecular weight is 561 g/mol. The van der Waals surface area contributed by atoms with Crippen molar-refractivity contribution in [2.45, 2.75) is 38.8 Å². The molecular formula is C31H40N6O4. The molecule has 0 saturated carbocycles. The Balaban J connectivity index is 1.39. The van der Waals surface area contributed by atoms with Crippen molar-refractivity contribution in [1.29, 1.82) is 0 Å². The highest BCUT2D eigenvalue weighted by atomic mass is 16.5. The third kappa shape index (κ3) is 7.53. The number of hydrogen-bond acceptors (Lipinski definition) is 8. The summed E-state index contributed by atoms with van der Waals surface area (Å²) in [4.78, 5) is 30.6. The molecule has 0 aliphatic carbocycles. The molecule has 3 aromatic rings. The number of fused-ring (bicyclic) bond motifs is 1. The maximum Gasteiger partial charge on any atom is 0.317 e. The molecule has 2 aromatic carbocycles. The number of nitrogens with two attached hydrogens (primary N) is 1. The maximum atomic E-state index is 13.0. The Kier molecular flexibility index (Phi) is 10.2. The van der Waals surface area contributed by atoms with E-state index < -0.39 is 5.97 Å². The molecule has 0 amide bonds. The molecule has 1 aliphatic heterocycles. The van der Waals surface area contributed by atoms with E-state index in [1.54, 1.807) is 7.11 Å². The average Bonchev–Trinajstić information content (AvgIpc) is 3.39. The van der Waals surface area contributed by atoms with Crippen LogP contribution < -0.4 is 21.1 Å². The lowest BCUT2D eigenvalue weighted by molar-refractivity contribution is -0.136. The molecule has 10 heteroatoms. The highest BCUT2D eigenvalue weighted by Crippen LogP contribution is 2.32.